The maximum Gasteiger partial charge on any atom is 0.0697 e. The third kappa shape index (κ3) is 2.05. The van der Waals surface area contributed by atoms with Crippen molar-refractivity contribution >= 4 is 18.0 Å². The third-order valence-electron chi connectivity index (χ3n) is 2.15. The van der Waals surface area contributed by atoms with Crippen molar-refractivity contribution in [2.24, 2.45) is 4.99 Å². The van der Waals surface area contributed by atoms with E-state index in [1.54, 1.807) is 0 Å². The Morgan fingerprint density at radius 1 is 1.46 bits per heavy atom. The molecule has 0 amide bonds. The van der Waals surface area contributed by atoms with Gasteiger partial charge < -0.3 is 0 Å². The summed E-state index contributed by atoms with van der Waals surface area (Å²) in [6, 6.07) is 8.09. The highest BCUT2D eigenvalue weighted by Gasteiger charge is 2.02. The van der Waals surface area contributed by atoms with E-state index < -0.39 is 0 Å². The summed E-state index contributed by atoms with van der Waals surface area (Å²) < 4.78 is 0. The molecule has 0 saturated carbocycles. The van der Waals surface area contributed by atoms with E-state index >= 15 is 0 Å². The van der Waals surface area contributed by atoms with Crippen LogP contribution in [-0.2, 0) is 0 Å². The Hall–Kier alpha value is -1.37. The Morgan fingerprint density at radius 2 is 2.15 bits per heavy atom. The molecule has 0 radical (unpaired) electrons. The van der Waals surface area contributed by atoms with Crippen LogP contribution in [0.25, 0.3) is 5.57 Å². The minimum Gasteiger partial charge on any atom is -0.264 e. The molecule has 1 rings (SSSR count). The predicted octanol–water partition coefficient (Wildman–Crippen LogP) is 3.83. The maximum atomic E-state index is 4.00. The van der Waals surface area contributed by atoms with Crippen molar-refractivity contribution < 1.29 is 0 Å². The van der Waals surface area contributed by atoms with Crippen molar-refractivity contribution in [3.63, 3.8) is 0 Å². The van der Waals surface area contributed by atoms with Crippen LogP contribution in [0.2, 0.25) is 0 Å². The molecule has 1 nitrogen and oxygen atoms in total. The Balaban J connectivity index is 3.19. The number of hydrogen-bond donors (Lipinski definition) is 0. The van der Waals surface area contributed by atoms with Gasteiger partial charge in [0.2, 0.25) is 0 Å². The molecule has 0 N–H and O–H groups in total. The first-order valence-corrected chi connectivity index (χ1v) is 4.54. The normalized spacial score (nSPS) is 11.4. The van der Waals surface area contributed by atoms with Crippen molar-refractivity contribution in [3.8, 4) is 0 Å². The second-order valence-electron chi connectivity index (χ2n) is 2.84. The zero-order valence-corrected chi connectivity index (χ0v) is 8.25. The van der Waals surface area contributed by atoms with Crippen LogP contribution < -0.4 is 0 Å². The molecule has 68 valence electrons. The minimum atomic E-state index is 0.970. The van der Waals surface area contributed by atoms with Gasteiger partial charge in [-0.2, -0.15) is 0 Å². The number of aliphatic imine (C=N–C) groups is 1. The average molecular weight is 173 g/mol. The lowest BCUT2D eigenvalue weighted by Gasteiger charge is -2.06. The van der Waals surface area contributed by atoms with Crippen LogP contribution >= 0.6 is 0 Å². The van der Waals surface area contributed by atoms with E-state index in [-0.39, 0.29) is 0 Å². The van der Waals surface area contributed by atoms with Crippen LogP contribution in [0, 0.1) is 0 Å². The lowest BCUT2D eigenvalue weighted by molar-refractivity contribution is 1.23. The van der Waals surface area contributed by atoms with Crippen molar-refractivity contribution in [2.75, 3.05) is 0 Å². The molecule has 0 unspecified atom stereocenters. The highest BCUT2D eigenvalue weighted by Crippen LogP contribution is 2.27. The predicted molar refractivity (Wildman–Crippen MR) is 59.6 cm³/mol. The van der Waals surface area contributed by atoms with Gasteiger partial charge in [0.25, 0.3) is 0 Å². The summed E-state index contributed by atoms with van der Waals surface area (Å²) in [5.74, 6) is 0. The molecule has 0 heterocycles. The van der Waals surface area contributed by atoms with Gasteiger partial charge in [0.1, 0.15) is 0 Å². The Morgan fingerprint density at radius 3 is 2.69 bits per heavy atom. The smallest absolute Gasteiger partial charge is 0.0697 e. The summed E-state index contributed by atoms with van der Waals surface area (Å²) in [4.78, 5) is 4.00. The van der Waals surface area contributed by atoms with Crippen molar-refractivity contribution in [3.05, 3.63) is 35.9 Å². The van der Waals surface area contributed by atoms with E-state index in [1.165, 1.54) is 11.1 Å². The van der Waals surface area contributed by atoms with Crippen LogP contribution in [0.1, 0.15) is 25.8 Å². The highest BCUT2D eigenvalue weighted by molar-refractivity contribution is 5.75. The topological polar surface area (TPSA) is 12.4 Å². The zero-order chi connectivity index (χ0) is 9.68. The molecule has 1 aromatic carbocycles. The van der Waals surface area contributed by atoms with Gasteiger partial charge in [-0.25, -0.2) is 0 Å². The Kier molecular flexibility index (Phi) is 3.44. The molecule has 0 aliphatic carbocycles. The average Bonchev–Trinajstić information content (AvgIpc) is 2.20. The second-order valence-corrected chi connectivity index (χ2v) is 2.84. The third-order valence-corrected chi connectivity index (χ3v) is 2.15. The van der Waals surface area contributed by atoms with Gasteiger partial charge in [-0.3, -0.25) is 4.99 Å². The summed E-state index contributed by atoms with van der Waals surface area (Å²) in [6.45, 7) is 7.77. The fraction of sp³-hybridized carbons (Fsp3) is 0.250. The number of nitrogens with zero attached hydrogens (tertiary/aromatic N) is 1. The van der Waals surface area contributed by atoms with Crippen LogP contribution in [0.5, 0.6) is 0 Å². The Bertz CT molecular complexity index is 324. The van der Waals surface area contributed by atoms with Crippen LogP contribution in [0.4, 0.5) is 5.69 Å². The van der Waals surface area contributed by atoms with Gasteiger partial charge in [-0.1, -0.05) is 31.2 Å². The molecule has 0 aliphatic rings. The van der Waals surface area contributed by atoms with Crippen molar-refractivity contribution in [1.29, 1.82) is 0 Å². The molecule has 0 aromatic heterocycles. The fourth-order valence-corrected chi connectivity index (χ4v) is 1.43. The van der Waals surface area contributed by atoms with Crippen LogP contribution in [0.3, 0.4) is 0 Å². The maximum absolute atomic E-state index is 4.00. The molecule has 0 fully saturated rings. The van der Waals surface area contributed by atoms with Crippen molar-refractivity contribution in [1.82, 2.24) is 0 Å². The molecular weight excluding hydrogens is 158 g/mol. The second kappa shape index (κ2) is 4.61. The van der Waals surface area contributed by atoms with Gasteiger partial charge in [0, 0.05) is 5.56 Å². The standard InChI is InChI=1S/C12H15N/c1-4-10(5-2)11-8-6-7-9-12(11)13-3/h4,6-9H,3,5H2,1-2H3/b10-4-. The van der Waals surface area contributed by atoms with E-state index in [0.717, 1.165) is 12.1 Å². The Labute approximate surface area is 79.8 Å². The van der Waals surface area contributed by atoms with Gasteiger partial charge in [-0.05, 0) is 31.7 Å². The molecule has 1 aromatic rings. The van der Waals surface area contributed by atoms with Gasteiger partial charge in [0.05, 0.1) is 5.69 Å². The SMILES string of the molecule is C=Nc1ccccc1/C(=C\C)CC. The van der Waals surface area contributed by atoms with Crippen molar-refractivity contribution in [2.45, 2.75) is 20.3 Å². The first-order chi connectivity index (χ1) is 6.33. The van der Waals surface area contributed by atoms with Crippen LogP contribution in [0.15, 0.2) is 35.3 Å². The van der Waals surface area contributed by atoms with E-state index in [1.807, 2.05) is 18.2 Å². The number of para-hydroxylation sites is 1. The molecular formula is C12H15N. The number of rotatable bonds is 3. The molecule has 0 saturated heterocycles. The molecule has 0 atom stereocenters. The largest absolute Gasteiger partial charge is 0.264 e. The van der Waals surface area contributed by atoms with Crippen LogP contribution in [-0.4, -0.2) is 6.72 Å². The summed E-state index contributed by atoms with van der Waals surface area (Å²) >= 11 is 0. The van der Waals surface area contributed by atoms with E-state index in [2.05, 4.69) is 37.7 Å². The molecule has 13 heavy (non-hydrogen) atoms. The zero-order valence-electron chi connectivity index (χ0n) is 8.25. The molecule has 0 aliphatic heterocycles. The first kappa shape index (κ1) is 9.72. The molecule has 0 spiro atoms. The number of hydrogen-bond acceptors (Lipinski definition) is 1. The fourth-order valence-electron chi connectivity index (χ4n) is 1.43. The summed E-state index contributed by atoms with van der Waals surface area (Å²) in [7, 11) is 0. The summed E-state index contributed by atoms with van der Waals surface area (Å²) in [5, 5.41) is 0. The number of benzene rings is 1. The lowest BCUT2D eigenvalue weighted by atomic mass is 10.0. The van der Waals surface area contributed by atoms with E-state index in [4.69, 9.17) is 0 Å². The van der Waals surface area contributed by atoms with E-state index in [9.17, 15) is 0 Å². The monoisotopic (exact) mass is 173 g/mol. The van der Waals surface area contributed by atoms with Gasteiger partial charge in [-0.15, -0.1) is 0 Å². The molecule has 0 bridgehead atoms. The minimum absolute atomic E-state index is 0.970. The highest BCUT2D eigenvalue weighted by atomic mass is 14.7. The first-order valence-electron chi connectivity index (χ1n) is 4.54. The van der Waals surface area contributed by atoms with Gasteiger partial charge >= 0.3 is 0 Å². The van der Waals surface area contributed by atoms with E-state index in [0.29, 0.717) is 0 Å². The molecule has 1 heteroatoms. The number of allylic oxidation sites excluding steroid dienone is 2. The van der Waals surface area contributed by atoms with Gasteiger partial charge in [0.15, 0.2) is 0 Å². The summed E-state index contributed by atoms with van der Waals surface area (Å²) in [6.07, 6.45) is 3.16. The quantitative estimate of drug-likeness (QED) is 0.616. The lowest BCUT2D eigenvalue weighted by Crippen LogP contribution is -1.82. The summed E-state index contributed by atoms with van der Waals surface area (Å²) in [5.41, 5.74) is 3.49.